The summed E-state index contributed by atoms with van der Waals surface area (Å²) < 4.78 is 0. The summed E-state index contributed by atoms with van der Waals surface area (Å²) in [5, 5.41) is 2.61. The quantitative estimate of drug-likeness (QED) is 0.593. The Bertz CT molecular complexity index is 205. The maximum absolute atomic E-state index is 11.2. The van der Waals surface area contributed by atoms with Crippen LogP contribution in [0.4, 0.5) is 0 Å². The Labute approximate surface area is 71.9 Å². The van der Waals surface area contributed by atoms with Gasteiger partial charge >= 0.3 is 0 Å². The second kappa shape index (κ2) is 3.13. The minimum absolute atomic E-state index is 0.158. The number of hydrogen-bond donors (Lipinski definition) is 1. The summed E-state index contributed by atoms with van der Waals surface area (Å²) in [5.74, 6) is 0.158. The lowest BCUT2D eigenvalue weighted by Gasteiger charge is -2.31. The lowest BCUT2D eigenvalue weighted by atomic mass is 10.00. The Kier molecular flexibility index (Phi) is 2.35. The van der Waals surface area contributed by atoms with Crippen molar-refractivity contribution >= 4 is 12.3 Å². The van der Waals surface area contributed by atoms with Crippen LogP contribution in [0.5, 0.6) is 0 Å². The van der Waals surface area contributed by atoms with Crippen molar-refractivity contribution in [1.29, 1.82) is 0 Å². The fourth-order valence-electron chi connectivity index (χ4n) is 1.48. The second-order valence-corrected chi connectivity index (χ2v) is 3.45. The van der Waals surface area contributed by atoms with Crippen molar-refractivity contribution in [2.75, 3.05) is 13.6 Å². The van der Waals surface area contributed by atoms with Crippen LogP contribution in [0, 0.1) is 0 Å². The number of carbonyl (C=O) groups excluding carboxylic acids is 2. The average Bonchev–Trinajstić information content (AvgIpc) is 2.31. The number of nitrogens with zero attached hydrogens (tertiary/aromatic N) is 1. The van der Waals surface area contributed by atoms with Crippen molar-refractivity contribution in [2.45, 2.75) is 25.3 Å². The highest BCUT2D eigenvalue weighted by Crippen LogP contribution is 2.27. The molecular weight excluding hydrogens is 156 g/mol. The second-order valence-electron chi connectivity index (χ2n) is 3.45. The minimum Gasteiger partial charge on any atom is -0.356 e. The third-order valence-electron chi connectivity index (χ3n) is 2.63. The molecule has 12 heavy (non-hydrogen) atoms. The van der Waals surface area contributed by atoms with Gasteiger partial charge in [-0.15, -0.1) is 0 Å². The highest BCUT2D eigenvalue weighted by molar-refractivity contribution is 5.79. The van der Waals surface area contributed by atoms with Crippen LogP contribution in [-0.4, -0.2) is 36.3 Å². The zero-order chi connectivity index (χ0) is 9.19. The number of rotatable bonds is 3. The van der Waals surface area contributed by atoms with Crippen LogP contribution in [0.15, 0.2) is 0 Å². The summed E-state index contributed by atoms with van der Waals surface area (Å²) in [6.45, 7) is 2.52. The van der Waals surface area contributed by atoms with Crippen molar-refractivity contribution in [3.63, 3.8) is 0 Å². The maximum atomic E-state index is 11.2. The fraction of sp³-hybridized carbons (Fsp3) is 0.750. The molecule has 1 heterocycles. The SMILES string of the molecule is CN1C(=O)CCC1(C)CNC=O. The Morgan fingerprint density at radius 3 is 2.83 bits per heavy atom. The highest BCUT2D eigenvalue weighted by Gasteiger charge is 2.38. The van der Waals surface area contributed by atoms with E-state index in [9.17, 15) is 9.59 Å². The molecule has 1 unspecified atom stereocenters. The molecule has 4 nitrogen and oxygen atoms in total. The largest absolute Gasteiger partial charge is 0.356 e. The predicted octanol–water partition coefficient (Wildman–Crippen LogP) is -0.257. The van der Waals surface area contributed by atoms with Crippen LogP contribution < -0.4 is 5.32 Å². The van der Waals surface area contributed by atoms with E-state index in [2.05, 4.69) is 5.32 Å². The lowest BCUT2D eigenvalue weighted by Crippen LogP contribution is -2.47. The van der Waals surface area contributed by atoms with E-state index in [-0.39, 0.29) is 11.4 Å². The van der Waals surface area contributed by atoms with E-state index in [0.717, 1.165) is 6.42 Å². The van der Waals surface area contributed by atoms with Gasteiger partial charge in [-0.3, -0.25) is 9.59 Å². The molecule has 1 aliphatic heterocycles. The molecule has 68 valence electrons. The van der Waals surface area contributed by atoms with Gasteiger partial charge in [0.2, 0.25) is 12.3 Å². The first kappa shape index (κ1) is 9.03. The van der Waals surface area contributed by atoms with E-state index in [4.69, 9.17) is 0 Å². The van der Waals surface area contributed by atoms with Gasteiger partial charge in [0.25, 0.3) is 0 Å². The molecule has 0 aromatic heterocycles. The molecule has 0 saturated carbocycles. The third-order valence-corrected chi connectivity index (χ3v) is 2.63. The van der Waals surface area contributed by atoms with Crippen LogP contribution in [0.2, 0.25) is 0 Å². The fourth-order valence-corrected chi connectivity index (χ4v) is 1.48. The predicted molar refractivity (Wildman–Crippen MR) is 44.5 cm³/mol. The lowest BCUT2D eigenvalue weighted by molar-refractivity contribution is -0.129. The van der Waals surface area contributed by atoms with Crippen molar-refractivity contribution in [1.82, 2.24) is 10.2 Å². The molecule has 0 aliphatic carbocycles. The molecule has 1 N–H and O–H groups in total. The van der Waals surface area contributed by atoms with Gasteiger partial charge in [0, 0.05) is 20.0 Å². The van der Waals surface area contributed by atoms with E-state index in [1.807, 2.05) is 6.92 Å². The van der Waals surface area contributed by atoms with E-state index in [1.165, 1.54) is 0 Å². The molecule has 4 heteroatoms. The van der Waals surface area contributed by atoms with Crippen LogP contribution >= 0.6 is 0 Å². The number of amides is 2. The molecule has 0 radical (unpaired) electrons. The van der Waals surface area contributed by atoms with Gasteiger partial charge in [-0.1, -0.05) is 0 Å². The average molecular weight is 170 g/mol. The van der Waals surface area contributed by atoms with Gasteiger partial charge in [0.05, 0.1) is 5.54 Å². The third kappa shape index (κ3) is 1.42. The molecule has 1 fully saturated rings. The topological polar surface area (TPSA) is 49.4 Å². The molecular formula is C8H14N2O2. The van der Waals surface area contributed by atoms with Gasteiger partial charge in [0.15, 0.2) is 0 Å². The summed E-state index contributed by atoms with van der Waals surface area (Å²) in [6, 6.07) is 0. The summed E-state index contributed by atoms with van der Waals surface area (Å²) in [4.78, 5) is 23.0. The molecule has 0 aromatic rings. The molecule has 0 bridgehead atoms. The number of nitrogens with one attached hydrogen (secondary N) is 1. The van der Waals surface area contributed by atoms with Crippen LogP contribution in [0.3, 0.4) is 0 Å². The summed E-state index contributed by atoms with van der Waals surface area (Å²) in [5.41, 5.74) is -0.183. The van der Waals surface area contributed by atoms with Crippen LogP contribution in [0.1, 0.15) is 19.8 Å². The van der Waals surface area contributed by atoms with Gasteiger partial charge in [-0.2, -0.15) is 0 Å². The molecule has 1 atom stereocenters. The standard InChI is InChI=1S/C8H14N2O2/c1-8(5-9-6-11)4-3-7(12)10(8)2/h6H,3-5H2,1-2H3,(H,9,11). The van der Waals surface area contributed by atoms with Crippen LogP contribution in [0.25, 0.3) is 0 Å². The molecule has 0 spiro atoms. The molecule has 0 aromatic carbocycles. The highest BCUT2D eigenvalue weighted by atomic mass is 16.2. The monoisotopic (exact) mass is 170 g/mol. The summed E-state index contributed by atoms with van der Waals surface area (Å²) in [6.07, 6.45) is 2.08. The smallest absolute Gasteiger partial charge is 0.222 e. The van der Waals surface area contributed by atoms with E-state index >= 15 is 0 Å². The molecule has 2 amide bonds. The van der Waals surface area contributed by atoms with Crippen molar-refractivity contribution in [3.05, 3.63) is 0 Å². The summed E-state index contributed by atoms with van der Waals surface area (Å²) in [7, 11) is 1.78. The first-order chi connectivity index (χ1) is 5.60. The molecule has 1 aliphatic rings. The van der Waals surface area contributed by atoms with E-state index in [1.54, 1.807) is 11.9 Å². The first-order valence-corrected chi connectivity index (χ1v) is 4.04. The van der Waals surface area contributed by atoms with Crippen molar-refractivity contribution in [2.24, 2.45) is 0 Å². The first-order valence-electron chi connectivity index (χ1n) is 4.04. The Hall–Kier alpha value is -1.06. The van der Waals surface area contributed by atoms with E-state index in [0.29, 0.717) is 19.4 Å². The zero-order valence-electron chi connectivity index (χ0n) is 7.46. The summed E-state index contributed by atoms with van der Waals surface area (Å²) >= 11 is 0. The number of likely N-dealkylation sites (tertiary alicyclic amines) is 1. The van der Waals surface area contributed by atoms with Crippen LogP contribution in [-0.2, 0) is 9.59 Å². The Balaban J connectivity index is 2.59. The zero-order valence-corrected chi connectivity index (χ0v) is 7.46. The number of carbonyl (C=O) groups is 2. The molecule has 1 rings (SSSR count). The van der Waals surface area contributed by atoms with Crippen molar-refractivity contribution < 1.29 is 9.59 Å². The normalized spacial score (nSPS) is 29.2. The van der Waals surface area contributed by atoms with Crippen molar-refractivity contribution in [3.8, 4) is 0 Å². The van der Waals surface area contributed by atoms with Gasteiger partial charge in [0.1, 0.15) is 0 Å². The maximum Gasteiger partial charge on any atom is 0.222 e. The Morgan fingerprint density at radius 1 is 1.75 bits per heavy atom. The number of hydrogen-bond acceptors (Lipinski definition) is 2. The molecule has 1 saturated heterocycles. The Morgan fingerprint density at radius 2 is 2.42 bits per heavy atom. The minimum atomic E-state index is -0.183. The van der Waals surface area contributed by atoms with Gasteiger partial charge in [-0.25, -0.2) is 0 Å². The van der Waals surface area contributed by atoms with Gasteiger partial charge in [-0.05, 0) is 13.3 Å². The van der Waals surface area contributed by atoms with E-state index < -0.39 is 0 Å². The van der Waals surface area contributed by atoms with Gasteiger partial charge < -0.3 is 10.2 Å². The number of likely N-dealkylation sites (N-methyl/N-ethyl adjacent to an activating group) is 1.